The number of rotatable bonds is 3. The highest BCUT2D eigenvalue weighted by atomic mass is 15.1. The molecule has 0 spiro atoms. The molecule has 3 heteroatoms. The number of hydrogen-bond acceptors (Lipinski definition) is 2. The third kappa shape index (κ3) is 2.71. The number of nitrogens with one attached hydrogen (secondary N) is 1. The minimum absolute atomic E-state index is 0.290. The van der Waals surface area contributed by atoms with Gasteiger partial charge in [0.05, 0.1) is 6.33 Å². The van der Waals surface area contributed by atoms with Crippen molar-refractivity contribution in [2.24, 2.45) is 11.8 Å². The zero-order valence-corrected chi connectivity index (χ0v) is 12.4. The summed E-state index contributed by atoms with van der Waals surface area (Å²) in [5.41, 5.74) is 1.73. The van der Waals surface area contributed by atoms with E-state index in [1.54, 1.807) is 0 Å². The summed E-state index contributed by atoms with van der Waals surface area (Å²) in [6.45, 7) is 8.19. The molecule has 19 heavy (non-hydrogen) atoms. The van der Waals surface area contributed by atoms with Crippen molar-refractivity contribution in [2.75, 3.05) is 13.1 Å². The Hall–Kier alpha value is -0.830. The van der Waals surface area contributed by atoms with Crippen LogP contribution in [0.15, 0.2) is 12.5 Å². The molecule has 2 aliphatic rings. The second kappa shape index (κ2) is 5.28. The second-order valence-corrected chi connectivity index (χ2v) is 7.04. The average molecular weight is 261 g/mol. The van der Waals surface area contributed by atoms with Gasteiger partial charge in [-0.15, -0.1) is 0 Å². The second-order valence-electron chi connectivity index (χ2n) is 7.04. The first-order valence-corrected chi connectivity index (χ1v) is 7.89. The lowest BCUT2D eigenvalue weighted by atomic mass is 9.82. The van der Waals surface area contributed by atoms with Crippen molar-refractivity contribution >= 4 is 0 Å². The molecular weight excluding hydrogens is 234 g/mol. The van der Waals surface area contributed by atoms with Gasteiger partial charge in [0.15, 0.2) is 0 Å². The molecular formula is C16H27N3. The molecule has 1 aromatic rings. The molecule has 0 aromatic carbocycles. The maximum Gasteiger partial charge on any atom is 0.0948 e. The lowest BCUT2D eigenvalue weighted by Crippen LogP contribution is -2.29. The maximum atomic E-state index is 4.43. The quantitative estimate of drug-likeness (QED) is 0.906. The van der Waals surface area contributed by atoms with Gasteiger partial charge >= 0.3 is 0 Å². The summed E-state index contributed by atoms with van der Waals surface area (Å²) >= 11 is 0. The molecule has 1 saturated heterocycles. The number of aromatic nitrogens is 2. The van der Waals surface area contributed by atoms with Crippen LogP contribution < -0.4 is 5.32 Å². The Bertz CT molecular complexity index is 409. The van der Waals surface area contributed by atoms with Gasteiger partial charge in [0.25, 0.3) is 0 Å². The first-order chi connectivity index (χ1) is 9.17. The highest BCUT2D eigenvalue weighted by molar-refractivity contribution is 5.17. The summed E-state index contributed by atoms with van der Waals surface area (Å²) in [5.74, 6) is 1.80. The van der Waals surface area contributed by atoms with Crippen molar-refractivity contribution in [2.45, 2.75) is 57.9 Å². The van der Waals surface area contributed by atoms with Crippen LogP contribution >= 0.6 is 0 Å². The Labute approximate surface area is 116 Å². The molecule has 0 amide bonds. The number of hydrogen-bond donors (Lipinski definition) is 1. The van der Waals surface area contributed by atoms with Crippen molar-refractivity contribution in [3.63, 3.8) is 0 Å². The Morgan fingerprint density at radius 2 is 2.16 bits per heavy atom. The third-order valence-corrected chi connectivity index (χ3v) is 5.29. The van der Waals surface area contributed by atoms with E-state index in [0.717, 1.165) is 24.9 Å². The third-order valence-electron chi connectivity index (χ3n) is 5.29. The van der Waals surface area contributed by atoms with Crippen LogP contribution in [0.2, 0.25) is 0 Å². The molecule has 0 radical (unpaired) electrons. The smallest absolute Gasteiger partial charge is 0.0948 e. The van der Waals surface area contributed by atoms with Crippen molar-refractivity contribution in [1.82, 2.24) is 14.9 Å². The van der Waals surface area contributed by atoms with Gasteiger partial charge in [0.1, 0.15) is 0 Å². The standard InChI is InChI=1S/C16H27N3/c1-13-3-5-14(6-4-13)10-19-12-18-9-15(19)16(2)7-8-17-11-16/h9,12-14,17H,3-8,10-11H2,1-2H3. The molecule has 106 valence electrons. The minimum Gasteiger partial charge on any atom is -0.334 e. The molecule has 1 N–H and O–H groups in total. The largest absolute Gasteiger partial charge is 0.334 e. The fraction of sp³-hybridized carbons (Fsp3) is 0.812. The van der Waals surface area contributed by atoms with Gasteiger partial charge in [0.2, 0.25) is 0 Å². The van der Waals surface area contributed by atoms with Crippen molar-refractivity contribution in [3.05, 3.63) is 18.2 Å². The van der Waals surface area contributed by atoms with Crippen LogP contribution in [0.3, 0.4) is 0 Å². The van der Waals surface area contributed by atoms with Crippen LogP contribution in [0.5, 0.6) is 0 Å². The topological polar surface area (TPSA) is 29.9 Å². The van der Waals surface area contributed by atoms with E-state index in [-0.39, 0.29) is 0 Å². The fourth-order valence-corrected chi connectivity index (χ4v) is 3.79. The Balaban J connectivity index is 1.70. The normalized spacial score (nSPS) is 35.7. The summed E-state index contributed by atoms with van der Waals surface area (Å²) in [6, 6.07) is 0. The Morgan fingerprint density at radius 1 is 1.37 bits per heavy atom. The summed E-state index contributed by atoms with van der Waals surface area (Å²) in [4.78, 5) is 4.43. The van der Waals surface area contributed by atoms with Crippen LogP contribution in [-0.2, 0) is 12.0 Å². The SMILES string of the molecule is CC1CCC(Cn2cncc2C2(C)CCNC2)CC1. The van der Waals surface area contributed by atoms with Crippen molar-refractivity contribution in [3.8, 4) is 0 Å². The van der Waals surface area contributed by atoms with E-state index in [4.69, 9.17) is 0 Å². The lowest BCUT2D eigenvalue weighted by molar-refractivity contribution is 0.259. The Morgan fingerprint density at radius 3 is 2.84 bits per heavy atom. The van der Waals surface area contributed by atoms with Crippen molar-refractivity contribution in [1.29, 1.82) is 0 Å². The van der Waals surface area contributed by atoms with E-state index in [1.807, 2.05) is 0 Å². The molecule has 3 rings (SSSR count). The average Bonchev–Trinajstić information content (AvgIpc) is 3.02. The Kier molecular flexibility index (Phi) is 3.66. The highest BCUT2D eigenvalue weighted by Crippen LogP contribution is 2.33. The van der Waals surface area contributed by atoms with Gasteiger partial charge < -0.3 is 9.88 Å². The monoisotopic (exact) mass is 261 g/mol. The van der Waals surface area contributed by atoms with Gasteiger partial charge in [0, 0.05) is 30.4 Å². The molecule has 1 saturated carbocycles. The number of nitrogens with zero attached hydrogens (tertiary/aromatic N) is 2. The lowest BCUT2D eigenvalue weighted by Gasteiger charge is -2.29. The summed E-state index contributed by atoms with van der Waals surface area (Å²) in [6.07, 6.45) is 11.0. The van der Waals surface area contributed by atoms with Gasteiger partial charge in [-0.05, 0) is 37.6 Å². The van der Waals surface area contributed by atoms with E-state index in [1.165, 1.54) is 44.3 Å². The zero-order valence-electron chi connectivity index (χ0n) is 12.4. The molecule has 1 aliphatic carbocycles. The molecule has 3 nitrogen and oxygen atoms in total. The fourth-order valence-electron chi connectivity index (χ4n) is 3.79. The summed E-state index contributed by atoms with van der Waals surface area (Å²) in [7, 11) is 0. The summed E-state index contributed by atoms with van der Waals surface area (Å²) in [5, 5.41) is 3.50. The van der Waals surface area contributed by atoms with Gasteiger partial charge in [-0.1, -0.05) is 26.7 Å². The van der Waals surface area contributed by atoms with E-state index in [0.29, 0.717) is 5.41 Å². The van der Waals surface area contributed by atoms with Gasteiger partial charge in [-0.3, -0.25) is 0 Å². The first kappa shape index (κ1) is 13.2. The van der Waals surface area contributed by atoms with E-state index < -0.39 is 0 Å². The predicted molar refractivity (Wildman–Crippen MR) is 78.2 cm³/mol. The maximum absolute atomic E-state index is 4.43. The first-order valence-electron chi connectivity index (χ1n) is 7.89. The highest BCUT2D eigenvalue weighted by Gasteiger charge is 2.33. The molecule has 1 aliphatic heterocycles. The van der Waals surface area contributed by atoms with Crippen molar-refractivity contribution < 1.29 is 0 Å². The summed E-state index contributed by atoms with van der Waals surface area (Å²) < 4.78 is 2.44. The van der Waals surface area contributed by atoms with Crippen LogP contribution in [0.25, 0.3) is 0 Å². The van der Waals surface area contributed by atoms with Gasteiger partial charge in [-0.25, -0.2) is 4.98 Å². The van der Waals surface area contributed by atoms with Crippen LogP contribution in [0.1, 0.15) is 51.6 Å². The van der Waals surface area contributed by atoms with Crippen LogP contribution in [0, 0.1) is 11.8 Å². The molecule has 1 aromatic heterocycles. The zero-order chi connectivity index (χ0) is 13.3. The van der Waals surface area contributed by atoms with Gasteiger partial charge in [-0.2, -0.15) is 0 Å². The molecule has 1 atom stereocenters. The van der Waals surface area contributed by atoms with Crippen LogP contribution in [0.4, 0.5) is 0 Å². The van der Waals surface area contributed by atoms with E-state index in [9.17, 15) is 0 Å². The van der Waals surface area contributed by atoms with Crippen LogP contribution in [-0.4, -0.2) is 22.6 Å². The predicted octanol–water partition coefficient (Wildman–Crippen LogP) is 2.96. The minimum atomic E-state index is 0.290. The molecule has 1 unspecified atom stereocenters. The molecule has 2 heterocycles. The number of imidazole rings is 1. The van der Waals surface area contributed by atoms with E-state index >= 15 is 0 Å². The molecule has 2 fully saturated rings. The van der Waals surface area contributed by atoms with E-state index in [2.05, 4.69) is 41.2 Å². The molecule has 0 bridgehead atoms.